The molecule has 0 saturated heterocycles. The molecule has 1 aromatic heterocycles. The van der Waals surface area contributed by atoms with Crippen molar-refractivity contribution in [1.82, 2.24) is 5.16 Å². The molecule has 0 aliphatic heterocycles. The van der Waals surface area contributed by atoms with E-state index < -0.39 is 0 Å². The molecule has 90 valence electrons. The predicted molar refractivity (Wildman–Crippen MR) is 70.4 cm³/mol. The van der Waals surface area contributed by atoms with Crippen molar-refractivity contribution in [2.75, 3.05) is 5.73 Å². The Morgan fingerprint density at radius 2 is 2.12 bits per heavy atom. The number of benzene rings is 1. The standard InChI is InChI=1S/C12H12Cl2N2O/c1-2-3-10-11(12(15)17-16-10)8-5-4-7(13)6-9(8)14/h4-6H,2-3,15H2,1H3. The van der Waals surface area contributed by atoms with Crippen molar-refractivity contribution in [3.8, 4) is 11.1 Å². The third-order valence-corrected chi connectivity index (χ3v) is 3.02. The minimum atomic E-state index is 0.290. The van der Waals surface area contributed by atoms with E-state index in [0.29, 0.717) is 10.0 Å². The number of aromatic nitrogens is 1. The van der Waals surface area contributed by atoms with Gasteiger partial charge in [-0.1, -0.05) is 47.8 Å². The van der Waals surface area contributed by atoms with Crippen molar-refractivity contribution in [3.63, 3.8) is 0 Å². The maximum atomic E-state index is 6.16. The van der Waals surface area contributed by atoms with Crippen molar-refractivity contribution in [3.05, 3.63) is 33.9 Å². The van der Waals surface area contributed by atoms with Gasteiger partial charge in [0.05, 0.1) is 16.3 Å². The molecule has 2 aromatic rings. The Balaban J connectivity index is 2.55. The maximum Gasteiger partial charge on any atom is 0.230 e. The third-order valence-electron chi connectivity index (χ3n) is 2.48. The molecule has 1 heterocycles. The molecule has 0 unspecified atom stereocenters. The highest BCUT2D eigenvalue weighted by Gasteiger charge is 2.17. The number of aryl methyl sites for hydroxylation is 1. The van der Waals surface area contributed by atoms with Gasteiger partial charge in [0, 0.05) is 10.6 Å². The van der Waals surface area contributed by atoms with Gasteiger partial charge in [0.1, 0.15) is 0 Å². The summed E-state index contributed by atoms with van der Waals surface area (Å²) in [6, 6.07) is 5.28. The molecule has 0 aliphatic carbocycles. The Morgan fingerprint density at radius 1 is 1.35 bits per heavy atom. The van der Waals surface area contributed by atoms with Crippen LogP contribution in [-0.2, 0) is 6.42 Å². The quantitative estimate of drug-likeness (QED) is 0.910. The van der Waals surface area contributed by atoms with E-state index in [1.54, 1.807) is 12.1 Å². The highest BCUT2D eigenvalue weighted by Crippen LogP contribution is 2.36. The van der Waals surface area contributed by atoms with Crippen LogP contribution in [0.4, 0.5) is 5.88 Å². The fourth-order valence-corrected chi connectivity index (χ4v) is 2.23. The summed E-state index contributed by atoms with van der Waals surface area (Å²) in [6.45, 7) is 2.07. The lowest BCUT2D eigenvalue weighted by molar-refractivity contribution is 0.427. The molecule has 17 heavy (non-hydrogen) atoms. The molecule has 0 saturated carbocycles. The number of nitrogens with two attached hydrogens (primary N) is 1. The number of halogens is 2. The lowest BCUT2D eigenvalue weighted by Crippen LogP contribution is -1.91. The van der Waals surface area contributed by atoms with Gasteiger partial charge in [-0.25, -0.2) is 0 Å². The topological polar surface area (TPSA) is 52.0 Å². The lowest BCUT2D eigenvalue weighted by atomic mass is 10.0. The molecule has 0 bridgehead atoms. The second-order valence-corrected chi connectivity index (χ2v) is 4.59. The van der Waals surface area contributed by atoms with E-state index in [1.165, 1.54) is 0 Å². The van der Waals surface area contributed by atoms with Crippen LogP contribution in [0.15, 0.2) is 22.7 Å². The van der Waals surface area contributed by atoms with Crippen LogP contribution >= 0.6 is 23.2 Å². The normalized spacial score (nSPS) is 10.8. The van der Waals surface area contributed by atoms with Gasteiger partial charge >= 0.3 is 0 Å². The highest BCUT2D eigenvalue weighted by molar-refractivity contribution is 6.36. The van der Waals surface area contributed by atoms with Crippen LogP contribution < -0.4 is 5.73 Å². The van der Waals surface area contributed by atoms with Crippen LogP contribution in [0.1, 0.15) is 19.0 Å². The Labute approximate surface area is 109 Å². The second kappa shape index (κ2) is 4.98. The first-order valence-corrected chi connectivity index (χ1v) is 6.08. The van der Waals surface area contributed by atoms with Crippen LogP contribution in [0.3, 0.4) is 0 Å². The summed E-state index contributed by atoms with van der Waals surface area (Å²) < 4.78 is 5.02. The zero-order chi connectivity index (χ0) is 12.4. The van der Waals surface area contributed by atoms with Crippen molar-refractivity contribution in [2.45, 2.75) is 19.8 Å². The van der Waals surface area contributed by atoms with E-state index in [1.807, 2.05) is 6.07 Å². The molecule has 0 amide bonds. The average molecular weight is 271 g/mol. The summed E-state index contributed by atoms with van der Waals surface area (Å²) in [6.07, 6.45) is 1.76. The minimum Gasteiger partial charge on any atom is -0.367 e. The molecular weight excluding hydrogens is 259 g/mol. The van der Waals surface area contributed by atoms with Gasteiger partial charge in [0.15, 0.2) is 0 Å². The summed E-state index contributed by atoms with van der Waals surface area (Å²) in [7, 11) is 0. The Kier molecular flexibility index (Phi) is 3.60. The van der Waals surface area contributed by atoms with Crippen LogP contribution in [0.5, 0.6) is 0 Å². The zero-order valence-electron chi connectivity index (χ0n) is 9.34. The lowest BCUT2D eigenvalue weighted by Gasteiger charge is -2.04. The Bertz CT molecular complexity index is 537. The summed E-state index contributed by atoms with van der Waals surface area (Å²) in [4.78, 5) is 0. The van der Waals surface area contributed by atoms with Crippen LogP contribution in [-0.4, -0.2) is 5.16 Å². The van der Waals surface area contributed by atoms with Crippen molar-refractivity contribution < 1.29 is 4.52 Å². The number of rotatable bonds is 3. The van der Waals surface area contributed by atoms with E-state index in [2.05, 4.69) is 12.1 Å². The Hall–Kier alpha value is -1.19. The van der Waals surface area contributed by atoms with E-state index in [-0.39, 0.29) is 5.88 Å². The monoisotopic (exact) mass is 270 g/mol. The van der Waals surface area contributed by atoms with Crippen LogP contribution in [0.25, 0.3) is 11.1 Å². The smallest absolute Gasteiger partial charge is 0.230 e. The fourth-order valence-electron chi connectivity index (χ4n) is 1.73. The number of hydrogen-bond acceptors (Lipinski definition) is 3. The van der Waals surface area contributed by atoms with Gasteiger partial charge in [-0.3, -0.25) is 0 Å². The average Bonchev–Trinajstić information content (AvgIpc) is 2.62. The summed E-state index contributed by atoms with van der Waals surface area (Å²) in [5, 5.41) is 5.09. The third kappa shape index (κ3) is 2.40. The summed E-state index contributed by atoms with van der Waals surface area (Å²) >= 11 is 12.0. The largest absolute Gasteiger partial charge is 0.367 e. The first-order chi connectivity index (χ1) is 8.13. The Morgan fingerprint density at radius 3 is 2.76 bits per heavy atom. The van der Waals surface area contributed by atoms with Crippen LogP contribution in [0, 0.1) is 0 Å². The van der Waals surface area contributed by atoms with Gasteiger partial charge in [0.2, 0.25) is 5.88 Å². The molecule has 0 aliphatic rings. The fraction of sp³-hybridized carbons (Fsp3) is 0.250. The van der Waals surface area contributed by atoms with Crippen molar-refractivity contribution in [1.29, 1.82) is 0 Å². The van der Waals surface area contributed by atoms with Crippen LogP contribution in [0.2, 0.25) is 10.0 Å². The molecule has 1 aromatic carbocycles. The molecule has 2 N–H and O–H groups in total. The first-order valence-electron chi connectivity index (χ1n) is 5.33. The molecule has 5 heteroatoms. The molecule has 2 rings (SSSR count). The molecule has 0 spiro atoms. The molecule has 0 radical (unpaired) electrons. The van der Waals surface area contributed by atoms with Gasteiger partial charge in [0.25, 0.3) is 0 Å². The number of nitrogens with zero attached hydrogens (tertiary/aromatic N) is 1. The highest BCUT2D eigenvalue weighted by atomic mass is 35.5. The van der Waals surface area contributed by atoms with Crippen molar-refractivity contribution in [2.24, 2.45) is 0 Å². The number of hydrogen-bond donors (Lipinski definition) is 1. The summed E-state index contributed by atoms with van der Waals surface area (Å²) in [5.74, 6) is 0.290. The molecule has 0 atom stereocenters. The van der Waals surface area contributed by atoms with Gasteiger partial charge < -0.3 is 10.3 Å². The second-order valence-electron chi connectivity index (χ2n) is 3.74. The number of nitrogen functional groups attached to an aromatic ring is 1. The molecular formula is C12H12Cl2N2O. The van der Waals surface area contributed by atoms with E-state index in [9.17, 15) is 0 Å². The van der Waals surface area contributed by atoms with Gasteiger partial charge in [-0.15, -0.1) is 0 Å². The number of anilines is 1. The van der Waals surface area contributed by atoms with Gasteiger partial charge in [-0.2, -0.15) is 0 Å². The zero-order valence-corrected chi connectivity index (χ0v) is 10.8. The van der Waals surface area contributed by atoms with Gasteiger partial charge in [-0.05, 0) is 18.6 Å². The molecule has 0 fully saturated rings. The molecule has 3 nitrogen and oxygen atoms in total. The van der Waals surface area contributed by atoms with Crippen molar-refractivity contribution >= 4 is 29.1 Å². The minimum absolute atomic E-state index is 0.290. The summed E-state index contributed by atoms with van der Waals surface area (Å²) in [5.41, 5.74) is 8.19. The van der Waals surface area contributed by atoms with E-state index in [4.69, 9.17) is 33.5 Å². The SMILES string of the molecule is CCCc1noc(N)c1-c1ccc(Cl)cc1Cl. The maximum absolute atomic E-state index is 6.16. The van der Waals surface area contributed by atoms with E-state index in [0.717, 1.165) is 29.7 Å². The predicted octanol–water partition coefficient (Wildman–Crippen LogP) is 4.18. The van der Waals surface area contributed by atoms with E-state index >= 15 is 0 Å². The first kappa shape index (κ1) is 12.3.